The fourth-order valence-electron chi connectivity index (χ4n) is 1.22. The molecule has 76 valence electrons. The van der Waals surface area contributed by atoms with Gasteiger partial charge in [0.1, 0.15) is 5.75 Å². The highest BCUT2D eigenvalue weighted by atomic mass is 16.4. The predicted octanol–water partition coefficient (Wildman–Crippen LogP) is 0.909. The summed E-state index contributed by atoms with van der Waals surface area (Å²) in [6.07, 6.45) is 0. The van der Waals surface area contributed by atoms with Crippen LogP contribution >= 0.6 is 0 Å². The van der Waals surface area contributed by atoms with Crippen molar-refractivity contribution in [1.82, 2.24) is 4.90 Å². The standard InChI is InChI=1S/C10H13NO3/c1-11(7-10(13)14)6-8-4-2-3-5-9(8)12/h2-5,12H,6-7H2,1H3,(H,13,14). The Hall–Kier alpha value is -1.55. The van der Waals surface area contributed by atoms with Crippen molar-refractivity contribution in [1.29, 1.82) is 0 Å². The molecule has 1 rings (SSSR count). The second-order valence-corrected chi connectivity index (χ2v) is 3.19. The summed E-state index contributed by atoms with van der Waals surface area (Å²) < 4.78 is 0. The summed E-state index contributed by atoms with van der Waals surface area (Å²) in [7, 11) is 1.69. The zero-order valence-electron chi connectivity index (χ0n) is 7.97. The molecule has 0 fully saturated rings. The van der Waals surface area contributed by atoms with E-state index in [-0.39, 0.29) is 12.3 Å². The number of carboxylic acid groups (broad SMARTS) is 1. The van der Waals surface area contributed by atoms with Crippen molar-refractivity contribution < 1.29 is 15.0 Å². The van der Waals surface area contributed by atoms with E-state index < -0.39 is 5.97 Å². The molecule has 0 heterocycles. The van der Waals surface area contributed by atoms with Crippen LogP contribution in [-0.2, 0) is 11.3 Å². The highest BCUT2D eigenvalue weighted by molar-refractivity contribution is 5.69. The van der Waals surface area contributed by atoms with Crippen LogP contribution < -0.4 is 0 Å². The van der Waals surface area contributed by atoms with Crippen LogP contribution in [0.3, 0.4) is 0 Å². The molecule has 4 nitrogen and oxygen atoms in total. The van der Waals surface area contributed by atoms with E-state index in [2.05, 4.69) is 0 Å². The largest absolute Gasteiger partial charge is 0.508 e. The zero-order valence-corrected chi connectivity index (χ0v) is 7.97. The summed E-state index contributed by atoms with van der Waals surface area (Å²) >= 11 is 0. The van der Waals surface area contributed by atoms with Crippen molar-refractivity contribution in [2.24, 2.45) is 0 Å². The summed E-state index contributed by atoms with van der Waals surface area (Å²) in [4.78, 5) is 12.0. The van der Waals surface area contributed by atoms with Crippen LogP contribution in [0.15, 0.2) is 24.3 Å². The Kier molecular flexibility index (Phi) is 3.48. The molecule has 0 aliphatic heterocycles. The monoisotopic (exact) mass is 195 g/mol. The van der Waals surface area contributed by atoms with E-state index in [1.165, 1.54) is 0 Å². The minimum Gasteiger partial charge on any atom is -0.508 e. The van der Waals surface area contributed by atoms with Crippen LogP contribution in [-0.4, -0.2) is 34.7 Å². The van der Waals surface area contributed by atoms with Gasteiger partial charge < -0.3 is 10.2 Å². The third kappa shape index (κ3) is 3.06. The molecule has 0 radical (unpaired) electrons. The molecule has 0 aliphatic rings. The Balaban J connectivity index is 2.60. The quantitative estimate of drug-likeness (QED) is 0.749. The Labute approximate surface area is 82.4 Å². The number of likely N-dealkylation sites (N-methyl/N-ethyl adjacent to an activating group) is 1. The van der Waals surface area contributed by atoms with Crippen LogP contribution in [0, 0.1) is 0 Å². The first-order valence-corrected chi connectivity index (χ1v) is 4.27. The number of phenolic OH excluding ortho intramolecular Hbond substituents is 1. The SMILES string of the molecule is CN(CC(=O)O)Cc1ccccc1O. The number of nitrogens with zero attached hydrogens (tertiary/aromatic N) is 1. The molecule has 0 spiro atoms. The molecule has 0 saturated carbocycles. The number of phenols is 1. The van der Waals surface area contributed by atoms with Gasteiger partial charge in [-0.05, 0) is 13.1 Å². The number of carboxylic acids is 1. The molecule has 0 aromatic heterocycles. The van der Waals surface area contributed by atoms with Crippen molar-refractivity contribution in [2.45, 2.75) is 6.54 Å². The smallest absolute Gasteiger partial charge is 0.317 e. The van der Waals surface area contributed by atoms with Gasteiger partial charge in [0.2, 0.25) is 0 Å². The average Bonchev–Trinajstić information content (AvgIpc) is 2.07. The van der Waals surface area contributed by atoms with E-state index in [1.54, 1.807) is 30.1 Å². The van der Waals surface area contributed by atoms with E-state index in [0.717, 1.165) is 5.56 Å². The van der Waals surface area contributed by atoms with Crippen molar-refractivity contribution >= 4 is 5.97 Å². The van der Waals surface area contributed by atoms with Gasteiger partial charge in [-0.1, -0.05) is 18.2 Å². The van der Waals surface area contributed by atoms with Crippen molar-refractivity contribution in [2.75, 3.05) is 13.6 Å². The molecule has 1 aromatic carbocycles. The molecule has 0 bridgehead atoms. The van der Waals surface area contributed by atoms with Crippen LogP contribution in [0.1, 0.15) is 5.56 Å². The second-order valence-electron chi connectivity index (χ2n) is 3.19. The highest BCUT2D eigenvalue weighted by Gasteiger charge is 2.07. The second kappa shape index (κ2) is 4.62. The van der Waals surface area contributed by atoms with E-state index in [0.29, 0.717) is 6.54 Å². The lowest BCUT2D eigenvalue weighted by Crippen LogP contribution is -2.25. The van der Waals surface area contributed by atoms with Crippen LogP contribution in [0.2, 0.25) is 0 Å². The zero-order chi connectivity index (χ0) is 10.6. The Morgan fingerprint density at radius 3 is 2.64 bits per heavy atom. The van der Waals surface area contributed by atoms with E-state index in [1.807, 2.05) is 6.07 Å². The first kappa shape index (κ1) is 10.5. The van der Waals surface area contributed by atoms with Gasteiger partial charge in [-0.3, -0.25) is 9.69 Å². The molecule has 0 unspecified atom stereocenters. The third-order valence-corrected chi connectivity index (χ3v) is 1.84. The number of hydrogen-bond acceptors (Lipinski definition) is 3. The van der Waals surface area contributed by atoms with Crippen molar-refractivity contribution in [3.8, 4) is 5.75 Å². The molecule has 0 amide bonds. The van der Waals surface area contributed by atoms with Gasteiger partial charge in [0, 0.05) is 12.1 Å². The Bertz CT molecular complexity index is 325. The molecule has 0 saturated heterocycles. The summed E-state index contributed by atoms with van der Waals surface area (Å²) in [5.41, 5.74) is 0.733. The molecular weight excluding hydrogens is 182 g/mol. The number of hydrogen-bond donors (Lipinski definition) is 2. The van der Waals surface area contributed by atoms with E-state index in [4.69, 9.17) is 5.11 Å². The first-order chi connectivity index (χ1) is 6.59. The highest BCUT2D eigenvalue weighted by Crippen LogP contribution is 2.16. The summed E-state index contributed by atoms with van der Waals surface area (Å²) in [5, 5.41) is 17.9. The molecule has 14 heavy (non-hydrogen) atoms. The van der Waals surface area contributed by atoms with Gasteiger partial charge in [0.15, 0.2) is 0 Å². The van der Waals surface area contributed by atoms with Crippen LogP contribution in [0.25, 0.3) is 0 Å². The van der Waals surface area contributed by atoms with E-state index in [9.17, 15) is 9.90 Å². The molecule has 1 aromatic rings. The van der Waals surface area contributed by atoms with Gasteiger partial charge in [-0.15, -0.1) is 0 Å². The summed E-state index contributed by atoms with van der Waals surface area (Å²) in [6.45, 7) is 0.396. The minimum atomic E-state index is -0.872. The Morgan fingerprint density at radius 2 is 2.07 bits per heavy atom. The lowest BCUT2D eigenvalue weighted by atomic mass is 10.2. The normalized spacial score (nSPS) is 10.4. The molecule has 4 heteroatoms. The van der Waals surface area contributed by atoms with Gasteiger partial charge in [0.25, 0.3) is 0 Å². The van der Waals surface area contributed by atoms with Crippen molar-refractivity contribution in [3.63, 3.8) is 0 Å². The van der Waals surface area contributed by atoms with Gasteiger partial charge in [0.05, 0.1) is 6.54 Å². The third-order valence-electron chi connectivity index (χ3n) is 1.84. The maximum Gasteiger partial charge on any atom is 0.317 e. The van der Waals surface area contributed by atoms with E-state index >= 15 is 0 Å². The van der Waals surface area contributed by atoms with Gasteiger partial charge in [-0.2, -0.15) is 0 Å². The average molecular weight is 195 g/mol. The molecule has 2 N–H and O–H groups in total. The number of benzene rings is 1. The van der Waals surface area contributed by atoms with Gasteiger partial charge >= 0.3 is 5.97 Å². The first-order valence-electron chi connectivity index (χ1n) is 4.27. The predicted molar refractivity (Wildman–Crippen MR) is 52.1 cm³/mol. The maximum absolute atomic E-state index is 10.4. The Morgan fingerprint density at radius 1 is 1.43 bits per heavy atom. The molecular formula is C10H13NO3. The van der Waals surface area contributed by atoms with Crippen LogP contribution in [0.4, 0.5) is 0 Å². The number of aromatic hydroxyl groups is 1. The number of aliphatic carboxylic acids is 1. The number of para-hydroxylation sites is 1. The fourth-order valence-corrected chi connectivity index (χ4v) is 1.22. The number of rotatable bonds is 4. The summed E-state index contributed by atoms with van der Waals surface area (Å²) in [5.74, 6) is -0.673. The summed E-state index contributed by atoms with van der Waals surface area (Å²) in [6, 6.07) is 6.90. The molecule has 0 aliphatic carbocycles. The number of carbonyl (C=O) groups is 1. The van der Waals surface area contributed by atoms with Crippen molar-refractivity contribution in [3.05, 3.63) is 29.8 Å². The van der Waals surface area contributed by atoms with Crippen LogP contribution in [0.5, 0.6) is 5.75 Å². The topological polar surface area (TPSA) is 60.8 Å². The maximum atomic E-state index is 10.4. The molecule has 0 atom stereocenters. The fraction of sp³-hybridized carbons (Fsp3) is 0.300. The minimum absolute atomic E-state index is 0.0334. The van der Waals surface area contributed by atoms with Gasteiger partial charge in [-0.25, -0.2) is 0 Å². The lowest BCUT2D eigenvalue weighted by molar-refractivity contribution is -0.138. The lowest BCUT2D eigenvalue weighted by Gasteiger charge is -2.14.